The van der Waals surface area contributed by atoms with Crippen LogP contribution in [0.25, 0.3) is 12.2 Å². The molecular formula is C12H11ClN2O2. The van der Waals surface area contributed by atoms with Gasteiger partial charge in [0, 0.05) is 10.6 Å². The fraction of sp³-hybridized carbons (Fsp3) is 0.250. The smallest absolute Gasteiger partial charge is 0.258 e. The summed E-state index contributed by atoms with van der Waals surface area (Å²) in [5, 5.41) is 12.2. The highest BCUT2D eigenvalue weighted by Crippen LogP contribution is 2.21. The van der Waals surface area contributed by atoms with Gasteiger partial charge < -0.3 is 0 Å². The minimum absolute atomic E-state index is 0.138. The van der Waals surface area contributed by atoms with E-state index in [0.29, 0.717) is 10.6 Å². The Kier molecular flexibility index (Phi) is 2.75. The van der Waals surface area contributed by atoms with E-state index >= 15 is 0 Å². The normalized spacial score (nSPS) is 16.4. The van der Waals surface area contributed by atoms with Gasteiger partial charge in [0.2, 0.25) is 0 Å². The number of pyridine rings is 1. The van der Waals surface area contributed by atoms with Crippen LogP contribution >= 0.6 is 11.6 Å². The number of fused-ring (bicyclic) bond motifs is 1. The number of hydrogen-bond acceptors (Lipinski definition) is 3. The van der Waals surface area contributed by atoms with E-state index in [4.69, 9.17) is 11.6 Å². The first-order valence-electron chi connectivity index (χ1n) is 5.12. The largest absolute Gasteiger partial charge is 0.306 e. The summed E-state index contributed by atoms with van der Waals surface area (Å²) in [5.74, 6) is 0. The van der Waals surface area contributed by atoms with Gasteiger partial charge in [-0.25, -0.2) is 4.98 Å². The van der Waals surface area contributed by atoms with Gasteiger partial charge in [-0.05, 0) is 6.08 Å². The zero-order chi connectivity index (χ0) is 12.6. The van der Waals surface area contributed by atoms with Crippen LogP contribution in [-0.4, -0.2) is 9.91 Å². The summed E-state index contributed by atoms with van der Waals surface area (Å²) in [7, 11) is 0. The molecule has 0 saturated heterocycles. The molecule has 5 heteroatoms. The van der Waals surface area contributed by atoms with E-state index in [1.165, 1.54) is 6.20 Å². The van der Waals surface area contributed by atoms with E-state index in [2.05, 4.69) is 4.98 Å². The van der Waals surface area contributed by atoms with Gasteiger partial charge in [0.15, 0.2) is 0 Å². The molecule has 88 valence electrons. The Balaban J connectivity index is 2.82. The second-order valence-corrected chi connectivity index (χ2v) is 4.88. The topological polar surface area (TPSA) is 56.0 Å². The molecule has 0 radical (unpaired) electrons. The lowest BCUT2D eigenvalue weighted by Gasteiger charge is -2.12. The minimum Gasteiger partial charge on any atom is -0.258 e. The molecule has 0 bridgehead atoms. The molecule has 0 spiro atoms. The molecule has 1 aliphatic rings. The van der Waals surface area contributed by atoms with Crippen molar-refractivity contribution in [2.75, 3.05) is 0 Å². The third-order valence-electron chi connectivity index (χ3n) is 2.56. The lowest BCUT2D eigenvalue weighted by atomic mass is 9.93. The molecular weight excluding hydrogens is 240 g/mol. The van der Waals surface area contributed by atoms with Crippen LogP contribution in [0.2, 0.25) is 5.02 Å². The van der Waals surface area contributed by atoms with Gasteiger partial charge in [-0.3, -0.25) is 10.1 Å². The highest BCUT2D eigenvalue weighted by Gasteiger charge is 2.17. The lowest BCUT2D eigenvalue weighted by Crippen LogP contribution is -2.30. The molecule has 0 saturated carbocycles. The molecule has 2 rings (SSSR count). The van der Waals surface area contributed by atoms with Crippen LogP contribution in [0.5, 0.6) is 0 Å². The molecule has 17 heavy (non-hydrogen) atoms. The van der Waals surface area contributed by atoms with E-state index in [0.717, 1.165) is 0 Å². The Hall–Kier alpha value is -1.68. The van der Waals surface area contributed by atoms with Crippen molar-refractivity contribution in [1.29, 1.82) is 0 Å². The first-order valence-corrected chi connectivity index (χ1v) is 5.50. The molecule has 1 aromatic heterocycles. The summed E-state index contributed by atoms with van der Waals surface area (Å²) in [6.07, 6.45) is 8.74. The summed E-state index contributed by atoms with van der Waals surface area (Å²) < 4.78 is 0. The van der Waals surface area contributed by atoms with Crippen LogP contribution < -0.4 is 10.6 Å². The Morgan fingerprint density at radius 1 is 1.47 bits per heavy atom. The van der Waals surface area contributed by atoms with Crippen molar-refractivity contribution in [1.82, 2.24) is 4.98 Å². The van der Waals surface area contributed by atoms with E-state index < -0.39 is 4.92 Å². The molecule has 0 fully saturated rings. The number of allylic oxidation sites excluding steroid dienone is 2. The molecule has 1 heterocycles. The van der Waals surface area contributed by atoms with Crippen molar-refractivity contribution in [2.45, 2.75) is 13.8 Å². The van der Waals surface area contributed by atoms with Gasteiger partial charge in [0.05, 0.1) is 10.3 Å². The van der Waals surface area contributed by atoms with Crippen molar-refractivity contribution >= 4 is 29.4 Å². The van der Waals surface area contributed by atoms with Crippen LogP contribution in [0.3, 0.4) is 0 Å². The van der Waals surface area contributed by atoms with E-state index in [9.17, 15) is 10.1 Å². The van der Waals surface area contributed by atoms with Gasteiger partial charge >= 0.3 is 5.69 Å². The summed E-state index contributed by atoms with van der Waals surface area (Å²) in [6.45, 7) is 4.06. The maximum atomic E-state index is 10.8. The second-order valence-electron chi connectivity index (χ2n) is 4.50. The zero-order valence-electron chi connectivity index (χ0n) is 9.48. The van der Waals surface area contributed by atoms with Gasteiger partial charge in [0.1, 0.15) is 11.2 Å². The Morgan fingerprint density at radius 2 is 2.18 bits per heavy atom. The number of nitro groups is 1. The average Bonchev–Trinajstić information content (AvgIpc) is 2.35. The molecule has 0 aromatic carbocycles. The zero-order valence-corrected chi connectivity index (χ0v) is 10.2. The summed E-state index contributed by atoms with van der Waals surface area (Å²) >= 11 is 6.02. The summed E-state index contributed by atoms with van der Waals surface area (Å²) in [4.78, 5) is 14.3. The number of hydrogen-bond donors (Lipinski definition) is 0. The quantitative estimate of drug-likeness (QED) is 0.564. The van der Waals surface area contributed by atoms with Gasteiger partial charge in [-0.2, -0.15) is 0 Å². The van der Waals surface area contributed by atoms with Crippen molar-refractivity contribution in [2.24, 2.45) is 5.41 Å². The molecule has 0 amide bonds. The number of aromatic nitrogens is 1. The first-order chi connectivity index (χ1) is 7.91. The maximum Gasteiger partial charge on any atom is 0.306 e. The van der Waals surface area contributed by atoms with Crippen molar-refractivity contribution in [3.63, 3.8) is 0 Å². The fourth-order valence-corrected chi connectivity index (χ4v) is 1.98. The fourth-order valence-electron chi connectivity index (χ4n) is 1.70. The molecule has 0 atom stereocenters. The Bertz CT molecular complexity index is 633. The molecule has 4 nitrogen and oxygen atoms in total. The monoisotopic (exact) mass is 250 g/mol. The number of nitrogens with zero attached hydrogens (tertiary/aromatic N) is 2. The number of halogens is 1. The standard InChI is InChI=1S/C12H11ClN2O2/c1-12(2)5-3-4-8-9(6-12)14-7-10(11(8)13)15(16)17/h3-7H,1-2H3. The van der Waals surface area contributed by atoms with Gasteiger partial charge in [0.25, 0.3) is 0 Å². The van der Waals surface area contributed by atoms with E-state index in [1.807, 2.05) is 32.1 Å². The third-order valence-corrected chi connectivity index (χ3v) is 2.95. The summed E-state index contributed by atoms with van der Waals surface area (Å²) in [5.41, 5.74) is -0.308. The molecule has 1 aromatic rings. The molecule has 0 unspecified atom stereocenters. The van der Waals surface area contributed by atoms with E-state index in [1.54, 1.807) is 6.08 Å². The average molecular weight is 251 g/mol. The number of rotatable bonds is 1. The SMILES string of the molecule is CC1(C)C=CC=c2c(Cl)c([N+](=O)[O-])cnc2=C1. The molecule has 0 N–H and O–H groups in total. The lowest BCUT2D eigenvalue weighted by molar-refractivity contribution is -0.385. The molecule has 1 aliphatic carbocycles. The van der Waals surface area contributed by atoms with Crippen LogP contribution in [0.4, 0.5) is 5.69 Å². The highest BCUT2D eigenvalue weighted by molar-refractivity contribution is 6.32. The van der Waals surface area contributed by atoms with Crippen molar-refractivity contribution in [3.8, 4) is 0 Å². The molecule has 0 aliphatic heterocycles. The van der Waals surface area contributed by atoms with Crippen LogP contribution in [-0.2, 0) is 0 Å². The van der Waals surface area contributed by atoms with Crippen LogP contribution in [0.1, 0.15) is 13.8 Å². The third kappa shape index (κ3) is 2.22. The Morgan fingerprint density at radius 3 is 2.82 bits per heavy atom. The summed E-state index contributed by atoms with van der Waals surface area (Å²) in [6, 6.07) is 0. The highest BCUT2D eigenvalue weighted by atomic mass is 35.5. The van der Waals surface area contributed by atoms with Gasteiger partial charge in [-0.1, -0.05) is 43.7 Å². The van der Waals surface area contributed by atoms with E-state index in [-0.39, 0.29) is 16.1 Å². The minimum atomic E-state index is -0.525. The van der Waals surface area contributed by atoms with Crippen molar-refractivity contribution in [3.05, 3.63) is 44.1 Å². The van der Waals surface area contributed by atoms with Crippen LogP contribution in [0.15, 0.2) is 18.3 Å². The second kappa shape index (κ2) is 3.96. The predicted molar refractivity (Wildman–Crippen MR) is 67.0 cm³/mol. The van der Waals surface area contributed by atoms with Crippen LogP contribution in [0, 0.1) is 15.5 Å². The predicted octanol–water partition coefficient (Wildman–Crippen LogP) is 1.80. The van der Waals surface area contributed by atoms with Gasteiger partial charge in [-0.15, -0.1) is 0 Å². The Labute approximate surface area is 103 Å². The first kappa shape index (κ1) is 11.8. The maximum absolute atomic E-state index is 10.8. The van der Waals surface area contributed by atoms with Crippen molar-refractivity contribution < 1.29 is 4.92 Å².